The lowest BCUT2D eigenvalue weighted by Crippen LogP contribution is -2.36. The van der Waals surface area contributed by atoms with Crippen LogP contribution in [-0.4, -0.2) is 37.4 Å². The SMILES string of the molecule is Cc1cc(C)n2nc(SCC(=O)O[C@H]3C[C@H](C)CC[C@@H]3C(C)C)nc2n1. The highest BCUT2D eigenvalue weighted by Gasteiger charge is 2.33. The Morgan fingerprint density at radius 2 is 2.12 bits per heavy atom. The molecule has 0 radical (unpaired) electrons. The first-order chi connectivity index (χ1) is 12.3. The van der Waals surface area contributed by atoms with Gasteiger partial charge in [0.25, 0.3) is 5.78 Å². The molecule has 2 aromatic rings. The number of hydrogen-bond donors (Lipinski definition) is 0. The molecular weight excluding hydrogens is 348 g/mol. The summed E-state index contributed by atoms with van der Waals surface area (Å²) in [5.74, 6) is 2.23. The monoisotopic (exact) mass is 376 g/mol. The second-order valence-electron chi connectivity index (χ2n) is 7.79. The van der Waals surface area contributed by atoms with Crippen LogP contribution in [0.2, 0.25) is 0 Å². The fraction of sp³-hybridized carbons (Fsp3) is 0.684. The van der Waals surface area contributed by atoms with Gasteiger partial charge in [0.15, 0.2) is 0 Å². The third-order valence-corrected chi connectivity index (χ3v) is 5.97. The van der Waals surface area contributed by atoms with E-state index in [4.69, 9.17) is 4.74 Å². The van der Waals surface area contributed by atoms with Crippen molar-refractivity contribution in [3.8, 4) is 0 Å². The van der Waals surface area contributed by atoms with Gasteiger partial charge in [0.1, 0.15) is 6.10 Å². The van der Waals surface area contributed by atoms with Gasteiger partial charge in [-0.05, 0) is 50.5 Å². The van der Waals surface area contributed by atoms with Crippen LogP contribution in [0.15, 0.2) is 11.2 Å². The first kappa shape index (κ1) is 19.1. The maximum atomic E-state index is 12.4. The fourth-order valence-electron chi connectivity index (χ4n) is 3.79. The molecule has 1 aliphatic rings. The fourth-order valence-corrected chi connectivity index (χ4v) is 4.39. The van der Waals surface area contributed by atoms with Crippen LogP contribution in [0.1, 0.15) is 51.4 Å². The van der Waals surface area contributed by atoms with Gasteiger partial charge in [0, 0.05) is 11.4 Å². The minimum absolute atomic E-state index is 0.0347. The Morgan fingerprint density at radius 3 is 2.85 bits per heavy atom. The third-order valence-electron chi connectivity index (χ3n) is 5.16. The van der Waals surface area contributed by atoms with Crippen molar-refractivity contribution in [1.82, 2.24) is 19.6 Å². The molecule has 1 saturated carbocycles. The molecule has 6 nitrogen and oxygen atoms in total. The number of ether oxygens (including phenoxy) is 1. The molecule has 0 unspecified atom stereocenters. The van der Waals surface area contributed by atoms with Crippen molar-refractivity contribution >= 4 is 23.5 Å². The van der Waals surface area contributed by atoms with Crippen LogP contribution in [0.5, 0.6) is 0 Å². The molecule has 0 amide bonds. The van der Waals surface area contributed by atoms with Gasteiger partial charge in [-0.3, -0.25) is 4.79 Å². The summed E-state index contributed by atoms with van der Waals surface area (Å²) in [5, 5.41) is 4.98. The molecule has 2 aromatic heterocycles. The smallest absolute Gasteiger partial charge is 0.316 e. The first-order valence-electron chi connectivity index (χ1n) is 9.36. The van der Waals surface area contributed by atoms with E-state index in [1.54, 1.807) is 4.52 Å². The maximum Gasteiger partial charge on any atom is 0.316 e. The summed E-state index contributed by atoms with van der Waals surface area (Å²) in [7, 11) is 0. The van der Waals surface area contributed by atoms with E-state index in [9.17, 15) is 4.79 Å². The normalized spacial score (nSPS) is 23.5. The van der Waals surface area contributed by atoms with Gasteiger partial charge in [-0.25, -0.2) is 9.50 Å². The van der Waals surface area contributed by atoms with E-state index in [1.807, 2.05) is 19.9 Å². The van der Waals surface area contributed by atoms with Crippen molar-refractivity contribution in [2.24, 2.45) is 17.8 Å². The van der Waals surface area contributed by atoms with E-state index >= 15 is 0 Å². The molecule has 0 bridgehead atoms. The average molecular weight is 377 g/mol. The van der Waals surface area contributed by atoms with E-state index in [-0.39, 0.29) is 17.8 Å². The molecule has 1 aliphatic carbocycles. The second kappa shape index (κ2) is 7.94. The van der Waals surface area contributed by atoms with E-state index in [2.05, 4.69) is 35.8 Å². The summed E-state index contributed by atoms with van der Waals surface area (Å²) < 4.78 is 7.54. The number of fused-ring (bicyclic) bond motifs is 1. The van der Waals surface area contributed by atoms with Crippen LogP contribution in [0, 0.1) is 31.6 Å². The quantitative estimate of drug-likeness (QED) is 0.583. The van der Waals surface area contributed by atoms with Gasteiger partial charge >= 0.3 is 5.97 Å². The lowest BCUT2D eigenvalue weighted by molar-refractivity contribution is -0.152. The van der Waals surface area contributed by atoms with Crippen LogP contribution in [0.25, 0.3) is 5.78 Å². The van der Waals surface area contributed by atoms with E-state index < -0.39 is 0 Å². The van der Waals surface area contributed by atoms with Crippen LogP contribution >= 0.6 is 11.8 Å². The van der Waals surface area contributed by atoms with Crippen LogP contribution in [-0.2, 0) is 9.53 Å². The molecule has 3 rings (SSSR count). The molecule has 26 heavy (non-hydrogen) atoms. The second-order valence-corrected chi connectivity index (χ2v) is 8.73. The Bertz CT molecular complexity index is 789. The number of aromatic nitrogens is 4. The minimum atomic E-state index is -0.181. The average Bonchev–Trinajstić information content (AvgIpc) is 2.96. The number of rotatable bonds is 5. The largest absolute Gasteiger partial charge is 0.461 e. The molecule has 3 atom stereocenters. The van der Waals surface area contributed by atoms with E-state index in [0.29, 0.717) is 28.7 Å². The Balaban J connectivity index is 1.60. The topological polar surface area (TPSA) is 69.4 Å². The highest BCUT2D eigenvalue weighted by Crippen LogP contribution is 2.35. The molecule has 7 heteroatoms. The van der Waals surface area contributed by atoms with Crippen molar-refractivity contribution in [2.75, 3.05) is 5.75 Å². The number of aryl methyl sites for hydroxylation is 2. The van der Waals surface area contributed by atoms with Gasteiger partial charge in [-0.2, -0.15) is 4.98 Å². The lowest BCUT2D eigenvalue weighted by Gasteiger charge is -2.36. The summed E-state index contributed by atoms with van der Waals surface area (Å²) in [6, 6.07) is 1.96. The predicted octanol–water partition coefficient (Wildman–Crippen LogP) is 3.84. The molecule has 0 saturated heterocycles. The Labute approximate surface area is 159 Å². The van der Waals surface area contributed by atoms with Crippen molar-refractivity contribution in [3.63, 3.8) is 0 Å². The number of thioether (sulfide) groups is 1. The summed E-state index contributed by atoms with van der Waals surface area (Å²) >= 11 is 1.31. The van der Waals surface area contributed by atoms with Crippen molar-refractivity contribution < 1.29 is 9.53 Å². The zero-order valence-electron chi connectivity index (χ0n) is 16.2. The molecule has 0 aromatic carbocycles. The van der Waals surface area contributed by atoms with Crippen LogP contribution in [0.4, 0.5) is 0 Å². The Kier molecular flexibility index (Phi) is 5.85. The number of esters is 1. The summed E-state index contributed by atoms with van der Waals surface area (Å²) in [6.07, 6.45) is 3.37. The van der Waals surface area contributed by atoms with Gasteiger partial charge in [-0.15, -0.1) is 5.10 Å². The molecule has 1 fully saturated rings. The minimum Gasteiger partial charge on any atom is -0.461 e. The highest BCUT2D eigenvalue weighted by molar-refractivity contribution is 7.99. The molecule has 0 N–H and O–H groups in total. The predicted molar refractivity (Wildman–Crippen MR) is 102 cm³/mol. The van der Waals surface area contributed by atoms with Crippen molar-refractivity contribution in [1.29, 1.82) is 0 Å². The van der Waals surface area contributed by atoms with Gasteiger partial charge < -0.3 is 4.74 Å². The van der Waals surface area contributed by atoms with E-state index in [1.165, 1.54) is 18.2 Å². The molecule has 0 spiro atoms. The molecule has 2 heterocycles. The highest BCUT2D eigenvalue weighted by atomic mass is 32.2. The number of carbonyl (C=O) groups is 1. The van der Waals surface area contributed by atoms with Gasteiger partial charge in [0.05, 0.1) is 5.75 Å². The summed E-state index contributed by atoms with van der Waals surface area (Å²) in [5.41, 5.74) is 1.88. The maximum absolute atomic E-state index is 12.4. The molecule has 0 aliphatic heterocycles. The van der Waals surface area contributed by atoms with Crippen molar-refractivity contribution in [3.05, 3.63) is 17.5 Å². The summed E-state index contributed by atoms with van der Waals surface area (Å²) in [4.78, 5) is 21.2. The first-order valence-corrected chi connectivity index (χ1v) is 10.4. The lowest BCUT2D eigenvalue weighted by atomic mass is 9.75. The Morgan fingerprint density at radius 1 is 1.35 bits per heavy atom. The number of hydrogen-bond acceptors (Lipinski definition) is 6. The van der Waals surface area contributed by atoms with Crippen LogP contribution in [0.3, 0.4) is 0 Å². The summed E-state index contributed by atoms with van der Waals surface area (Å²) in [6.45, 7) is 10.6. The van der Waals surface area contributed by atoms with E-state index in [0.717, 1.165) is 24.2 Å². The molecular formula is C19H28N4O2S. The Hall–Kier alpha value is -1.63. The third kappa shape index (κ3) is 4.37. The van der Waals surface area contributed by atoms with Crippen molar-refractivity contribution in [2.45, 2.75) is 65.1 Å². The number of nitrogens with zero attached hydrogens (tertiary/aromatic N) is 4. The zero-order chi connectivity index (χ0) is 18.8. The standard InChI is InChI=1S/C19H28N4O2S/c1-11(2)15-7-6-12(3)8-16(15)25-17(24)10-26-19-21-18-20-13(4)9-14(5)23(18)22-19/h9,11-12,15-16H,6-8,10H2,1-5H3/t12-,15-,16+/m1/s1. The number of carbonyl (C=O) groups excluding carboxylic acids is 1. The molecule has 142 valence electrons. The van der Waals surface area contributed by atoms with Gasteiger partial charge in [0.2, 0.25) is 5.16 Å². The van der Waals surface area contributed by atoms with Crippen LogP contribution < -0.4 is 0 Å². The van der Waals surface area contributed by atoms with Gasteiger partial charge in [-0.1, -0.05) is 39.0 Å². The zero-order valence-corrected chi connectivity index (χ0v) is 17.0.